The second-order valence-electron chi connectivity index (χ2n) is 9.39. The largest absolute Gasteiger partial charge is 0.388 e. The van der Waals surface area contributed by atoms with Crippen LogP contribution in [0.1, 0.15) is 21.8 Å². The molecule has 3 aromatic heterocycles. The Morgan fingerprint density at radius 2 is 2.03 bits per heavy atom. The summed E-state index contributed by atoms with van der Waals surface area (Å²) in [7, 11) is 2.39. The molecule has 1 amide bonds. The molecule has 2 radical (unpaired) electrons. The summed E-state index contributed by atoms with van der Waals surface area (Å²) >= 11 is 0. The number of benzene rings is 1. The van der Waals surface area contributed by atoms with E-state index in [1.807, 2.05) is 30.3 Å². The monoisotopic (exact) mass is 541 g/mol. The van der Waals surface area contributed by atoms with Crippen LogP contribution in [-0.4, -0.2) is 79.4 Å². The van der Waals surface area contributed by atoms with Gasteiger partial charge in [-0.1, -0.05) is 30.8 Å². The van der Waals surface area contributed by atoms with Crippen LogP contribution in [0.25, 0.3) is 22.2 Å². The lowest BCUT2D eigenvalue weighted by Gasteiger charge is -2.20. The van der Waals surface area contributed by atoms with Gasteiger partial charge in [-0.15, -0.1) is 0 Å². The number of para-hydroxylation sites is 1. The Labute approximate surface area is 229 Å². The van der Waals surface area contributed by atoms with Crippen molar-refractivity contribution in [2.24, 2.45) is 0 Å². The minimum absolute atomic E-state index is 0.122. The number of amides is 1. The molecular weight excluding hydrogens is 510 g/mol. The minimum Gasteiger partial charge on any atom is -0.388 e. The van der Waals surface area contributed by atoms with Crippen LogP contribution in [0.5, 0.6) is 0 Å². The van der Waals surface area contributed by atoms with Gasteiger partial charge in [0.25, 0.3) is 5.91 Å². The van der Waals surface area contributed by atoms with E-state index in [-0.39, 0.29) is 17.9 Å². The fourth-order valence-corrected chi connectivity index (χ4v) is 5.60. The molecule has 0 bridgehead atoms. The molecule has 0 saturated carbocycles. The third-order valence-corrected chi connectivity index (χ3v) is 7.70. The molecule has 0 aliphatic carbocycles. The van der Waals surface area contributed by atoms with E-state index in [2.05, 4.69) is 48.5 Å². The fourth-order valence-electron chi connectivity index (χ4n) is 4.74. The Balaban J connectivity index is 1.32. The summed E-state index contributed by atoms with van der Waals surface area (Å²) in [5.74, 6) is 1.46. The third-order valence-electron chi connectivity index (χ3n) is 6.80. The standard InChI is InChI=1S/C28H31N7O3Si/c1-29-28(37)21-8-9-30-27-19(4-3-5-20(21)27)18(15-39-2)12-32-26-10-22(33-16-34-26)17-6-7-25(31-11-17)35-23-13-38-14-24(23)36/h3-11,16,18,23-24,36H,12-15H2,1-2H3,(H,29,37)(H,31,35)(H,32,33,34). The van der Waals surface area contributed by atoms with E-state index in [9.17, 15) is 9.90 Å². The number of hydrogen-bond donors (Lipinski definition) is 4. The summed E-state index contributed by atoms with van der Waals surface area (Å²) in [5, 5.41) is 20.2. The number of hydrogen-bond acceptors (Lipinski definition) is 9. The van der Waals surface area contributed by atoms with E-state index in [4.69, 9.17) is 4.74 Å². The Hall–Kier alpha value is -3.93. The number of nitrogens with zero attached hydrogens (tertiary/aromatic N) is 4. The van der Waals surface area contributed by atoms with Crippen molar-refractivity contribution in [1.82, 2.24) is 25.3 Å². The zero-order chi connectivity index (χ0) is 27.2. The second-order valence-corrected chi connectivity index (χ2v) is 10.5. The van der Waals surface area contributed by atoms with Gasteiger partial charge in [0.1, 0.15) is 18.0 Å². The maximum atomic E-state index is 12.4. The third kappa shape index (κ3) is 6.05. The van der Waals surface area contributed by atoms with Gasteiger partial charge >= 0.3 is 0 Å². The van der Waals surface area contributed by atoms with Crippen LogP contribution in [0.15, 0.2) is 61.2 Å². The van der Waals surface area contributed by atoms with Crippen molar-refractivity contribution in [3.05, 3.63) is 72.3 Å². The number of rotatable bonds is 10. The smallest absolute Gasteiger partial charge is 0.251 e. The number of anilines is 2. The molecule has 1 aliphatic rings. The van der Waals surface area contributed by atoms with Crippen molar-refractivity contribution in [3.8, 4) is 11.3 Å². The molecule has 3 unspecified atom stereocenters. The van der Waals surface area contributed by atoms with Gasteiger partial charge in [0, 0.05) is 58.4 Å². The number of ether oxygens (including phenoxy) is 1. The van der Waals surface area contributed by atoms with Crippen molar-refractivity contribution in [2.75, 3.05) is 37.4 Å². The average molecular weight is 542 g/mol. The van der Waals surface area contributed by atoms with Gasteiger partial charge in [0.15, 0.2) is 0 Å². The lowest BCUT2D eigenvalue weighted by molar-refractivity contribution is 0.0964. The molecule has 1 saturated heterocycles. The topological polar surface area (TPSA) is 134 Å². The van der Waals surface area contributed by atoms with Crippen LogP contribution in [0, 0.1) is 0 Å². The first-order chi connectivity index (χ1) is 19.1. The molecule has 3 atom stereocenters. The maximum absolute atomic E-state index is 12.4. The first kappa shape index (κ1) is 26.7. The number of fused-ring (bicyclic) bond motifs is 1. The lowest BCUT2D eigenvalue weighted by atomic mass is 9.95. The molecule has 10 nitrogen and oxygen atoms in total. The predicted octanol–water partition coefficient (Wildman–Crippen LogP) is 2.98. The van der Waals surface area contributed by atoms with E-state index in [0.717, 1.165) is 49.1 Å². The highest BCUT2D eigenvalue weighted by molar-refractivity contribution is 6.33. The van der Waals surface area contributed by atoms with E-state index in [1.54, 1.807) is 31.8 Å². The number of aliphatic hydroxyl groups is 1. The fraction of sp³-hybridized carbons (Fsp3) is 0.321. The quantitative estimate of drug-likeness (QED) is 0.224. The number of carbonyl (C=O) groups is 1. The van der Waals surface area contributed by atoms with Gasteiger partial charge in [-0.3, -0.25) is 9.78 Å². The Bertz CT molecular complexity index is 1440. The zero-order valence-electron chi connectivity index (χ0n) is 21.9. The van der Waals surface area contributed by atoms with E-state index in [1.165, 1.54) is 0 Å². The van der Waals surface area contributed by atoms with E-state index < -0.39 is 6.10 Å². The first-order valence-corrected chi connectivity index (χ1v) is 14.6. The summed E-state index contributed by atoms with van der Waals surface area (Å²) in [6.07, 6.45) is 4.46. The molecule has 0 spiro atoms. The van der Waals surface area contributed by atoms with Gasteiger partial charge in [-0.2, -0.15) is 0 Å². The van der Waals surface area contributed by atoms with Crippen LogP contribution in [-0.2, 0) is 4.74 Å². The molecule has 1 fully saturated rings. The molecule has 200 valence electrons. The Kier molecular flexibility index (Phi) is 8.40. The molecule has 1 aliphatic heterocycles. The minimum atomic E-state index is -0.540. The normalized spacial score (nSPS) is 17.6. The van der Waals surface area contributed by atoms with E-state index >= 15 is 0 Å². The Morgan fingerprint density at radius 1 is 1.13 bits per heavy atom. The summed E-state index contributed by atoms with van der Waals surface area (Å²) in [6, 6.07) is 14.3. The van der Waals surface area contributed by atoms with Crippen LogP contribution in [0.3, 0.4) is 0 Å². The Morgan fingerprint density at radius 3 is 2.77 bits per heavy atom. The average Bonchev–Trinajstić information content (AvgIpc) is 3.38. The van der Waals surface area contributed by atoms with Crippen LogP contribution < -0.4 is 16.0 Å². The number of pyridine rings is 2. The zero-order valence-corrected chi connectivity index (χ0v) is 22.9. The van der Waals surface area contributed by atoms with Gasteiger partial charge in [-0.05, 0) is 23.8 Å². The number of aromatic nitrogens is 4. The number of carbonyl (C=O) groups excluding carboxylic acids is 1. The summed E-state index contributed by atoms with van der Waals surface area (Å²) in [4.78, 5) is 30.4. The first-order valence-electron chi connectivity index (χ1n) is 12.9. The molecule has 39 heavy (non-hydrogen) atoms. The van der Waals surface area contributed by atoms with Gasteiger partial charge in [0.2, 0.25) is 0 Å². The SMILES string of the molecule is CNC(=O)c1ccnc2c(C(CNc3cc(-c4ccc(NC5COCC5O)nc4)ncn3)C[Si]C)cccc12. The molecular formula is C28H31N7O3Si. The van der Waals surface area contributed by atoms with Crippen molar-refractivity contribution in [2.45, 2.75) is 30.7 Å². The molecule has 4 aromatic rings. The van der Waals surface area contributed by atoms with Crippen molar-refractivity contribution < 1.29 is 14.6 Å². The van der Waals surface area contributed by atoms with Crippen molar-refractivity contribution in [3.63, 3.8) is 0 Å². The highest BCUT2D eigenvalue weighted by Crippen LogP contribution is 2.29. The van der Waals surface area contributed by atoms with Gasteiger partial charge in [0.05, 0.1) is 42.1 Å². The molecule has 4 N–H and O–H groups in total. The second kappa shape index (κ2) is 12.3. The molecule has 5 rings (SSSR count). The van der Waals surface area contributed by atoms with Gasteiger partial charge < -0.3 is 25.8 Å². The van der Waals surface area contributed by atoms with Crippen molar-refractivity contribution >= 4 is 38.0 Å². The highest BCUT2D eigenvalue weighted by atomic mass is 28.2. The number of aliphatic hydroxyl groups excluding tert-OH is 1. The summed E-state index contributed by atoms with van der Waals surface area (Å²) < 4.78 is 5.29. The summed E-state index contributed by atoms with van der Waals surface area (Å²) in [5.41, 5.74) is 4.20. The summed E-state index contributed by atoms with van der Waals surface area (Å²) in [6.45, 7) is 3.64. The maximum Gasteiger partial charge on any atom is 0.251 e. The van der Waals surface area contributed by atoms with Crippen LogP contribution >= 0.6 is 0 Å². The predicted molar refractivity (Wildman–Crippen MR) is 152 cm³/mol. The molecule has 4 heterocycles. The van der Waals surface area contributed by atoms with Crippen LogP contribution in [0.2, 0.25) is 12.6 Å². The van der Waals surface area contributed by atoms with E-state index in [0.29, 0.717) is 31.1 Å². The van der Waals surface area contributed by atoms with Crippen molar-refractivity contribution in [1.29, 1.82) is 0 Å². The lowest BCUT2D eigenvalue weighted by Crippen LogP contribution is -2.32. The number of nitrogens with one attached hydrogen (secondary N) is 3. The van der Waals surface area contributed by atoms with Crippen LogP contribution in [0.4, 0.5) is 11.6 Å². The molecule has 1 aromatic carbocycles. The highest BCUT2D eigenvalue weighted by Gasteiger charge is 2.26. The van der Waals surface area contributed by atoms with Gasteiger partial charge in [-0.25, -0.2) is 15.0 Å². The molecule has 11 heteroatoms.